The smallest absolute Gasteiger partial charge is 0.335 e. The minimum atomic E-state index is -2.25. The molecule has 0 aliphatic heterocycles. The number of ketones is 1. The molecule has 0 heterocycles. The number of esters is 2. The number of benzene rings is 3. The van der Waals surface area contributed by atoms with Crippen LogP contribution >= 0.6 is 0 Å². The summed E-state index contributed by atoms with van der Waals surface area (Å²) < 4.78 is 10.5. The molecule has 0 aromatic heterocycles. The highest BCUT2D eigenvalue weighted by molar-refractivity contribution is 6.18. The first-order chi connectivity index (χ1) is 15.4. The van der Waals surface area contributed by atoms with Crippen LogP contribution in [-0.2, 0) is 32.3 Å². The monoisotopic (exact) mass is 432 g/mol. The summed E-state index contributed by atoms with van der Waals surface area (Å²) in [5, 5.41) is 0. The largest absolute Gasteiger partial charge is 0.461 e. The topological polar surface area (TPSA) is 122 Å². The number of nitrogens with two attached hydrogens (primary N) is 2. The first kappa shape index (κ1) is 22.7. The number of anilines is 1. The second-order valence-corrected chi connectivity index (χ2v) is 7.31. The summed E-state index contributed by atoms with van der Waals surface area (Å²) >= 11 is 0. The van der Waals surface area contributed by atoms with E-state index in [1.807, 2.05) is 24.3 Å². The highest BCUT2D eigenvalue weighted by Gasteiger charge is 2.46. The number of Topliss-reactive ketones (excluding diaryl/α,β-unsaturated/α-hetero) is 1. The average molecular weight is 432 g/mol. The number of carbonyl (C=O) groups is 3. The third kappa shape index (κ3) is 5.80. The molecule has 164 valence electrons. The molecule has 3 aromatic carbocycles. The fourth-order valence-electron chi connectivity index (χ4n) is 3.01. The maximum atomic E-state index is 13.2. The Bertz CT molecular complexity index is 1070. The second-order valence-electron chi connectivity index (χ2n) is 7.31. The Morgan fingerprint density at radius 1 is 0.719 bits per heavy atom. The predicted molar refractivity (Wildman–Crippen MR) is 119 cm³/mol. The molecule has 7 heteroatoms. The molecule has 0 aliphatic rings. The van der Waals surface area contributed by atoms with Gasteiger partial charge in [0, 0.05) is 11.3 Å². The minimum Gasteiger partial charge on any atom is -0.461 e. The van der Waals surface area contributed by atoms with Crippen molar-refractivity contribution in [3.63, 3.8) is 0 Å². The number of hydrogen-bond donors (Lipinski definition) is 2. The van der Waals surface area contributed by atoms with E-state index in [0.717, 1.165) is 11.1 Å². The lowest BCUT2D eigenvalue weighted by molar-refractivity contribution is -0.156. The van der Waals surface area contributed by atoms with Crippen LogP contribution in [0.5, 0.6) is 0 Å². The third-order valence-corrected chi connectivity index (χ3v) is 4.82. The fraction of sp³-hybridized carbons (Fsp3) is 0.160. The van der Waals surface area contributed by atoms with Gasteiger partial charge in [0.15, 0.2) is 11.3 Å². The van der Waals surface area contributed by atoms with E-state index in [-0.39, 0.29) is 18.8 Å². The molecule has 0 saturated heterocycles. The van der Waals surface area contributed by atoms with Gasteiger partial charge in [-0.05, 0) is 35.4 Å². The van der Waals surface area contributed by atoms with Crippen LogP contribution in [0, 0.1) is 0 Å². The first-order valence-corrected chi connectivity index (χ1v) is 9.98. The predicted octanol–water partition coefficient (Wildman–Crippen LogP) is 3.03. The van der Waals surface area contributed by atoms with Crippen LogP contribution < -0.4 is 11.5 Å². The van der Waals surface area contributed by atoms with Gasteiger partial charge in [-0.1, -0.05) is 60.7 Å². The van der Waals surface area contributed by atoms with Gasteiger partial charge in [0.25, 0.3) is 0 Å². The van der Waals surface area contributed by atoms with Crippen LogP contribution in [0.1, 0.15) is 27.9 Å². The van der Waals surface area contributed by atoms with E-state index in [2.05, 4.69) is 0 Å². The van der Waals surface area contributed by atoms with Gasteiger partial charge < -0.3 is 20.9 Å². The molecule has 7 nitrogen and oxygen atoms in total. The molecule has 32 heavy (non-hydrogen) atoms. The molecule has 1 unspecified atom stereocenters. The molecular weight excluding hydrogens is 408 g/mol. The zero-order valence-electron chi connectivity index (χ0n) is 17.4. The van der Waals surface area contributed by atoms with Crippen LogP contribution in [0.4, 0.5) is 5.69 Å². The van der Waals surface area contributed by atoms with E-state index < -0.39 is 29.7 Å². The summed E-state index contributed by atoms with van der Waals surface area (Å²) in [5.74, 6) is -2.57. The summed E-state index contributed by atoms with van der Waals surface area (Å²) in [7, 11) is 0. The van der Waals surface area contributed by atoms with Crippen molar-refractivity contribution in [1.82, 2.24) is 0 Å². The van der Waals surface area contributed by atoms with Crippen molar-refractivity contribution in [2.75, 3.05) is 5.73 Å². The lowest BCUT2D eigenvalue weighted by Gasteiger charge is -2.25. The van der Waals surface area contributed by atoms with Crippen LogP contribution in [0.2, 0.25) is 0 Å². The van der Waals surface area contributed by atoms with Gasteiger partial charge in [0.05, 0.1) is 6.42 Å². The van der Waals surface area contributed by atoms with Gasteiger partial charge in [-0.25, -0.2) is 4.79 Å². The summed E-state index contributed by atoms with van der Waals surface area (Å²) in [6.07, 6.45) is -0.670. The summed E-state index contributed by atoms with van der Waals surface area (Å²) in [6.45, 7) is -0.0996. The van der Waals surface area contributed by atoms with Crippen molar-refractivity contribution in [1.29, 1.82) is 0 Å². The van der Waals surface area contributed by atoms with E-state index in [0.29, 0.717) is 5.69 Å². The van der Waals surface area contributed by atoms with Crippen molar-refractivity contribution < 1.29 is 23.9 Å². The molecule has 0 spiro atoms. The normalized spacial score (nSPS) is 12.4. The van der Waals surface area contributed by atoms with Gasteiger partial charge in [0.1, 0.15) is 13.2 Å². The summed E-state index contributed by atoms with van der Waals surface area (Å²) in [6, 6.07) is 23.9. The highest BCUT2D eigenvalue weighted by atomic mass is 16.5. The van der Waals surface area contributed by atoms with Crippen LogP contribution in [0.3, 0.4) is 0 Å². The molecule has 0 fully saturated rings. The van der Waals surface area contributed by atoms with E-state index >= 15 is 0 Å². The second kappa shape index (κ2) is 10.4. The van der Waals surface area contributed by atoms with E-state index in [1.54, 1.807) is 36.4 Å². The van der Waals surface area contributed by atoms with Crippen LogP contribution in [-0.4, -0.2) is 23.3 Å². The zero-order valence-corrected chi connectivity index (χ0v) is 17.4. The third-order valence-electron chi connectivity index (χ3n) is 4.82. The molecule has 0 amide bonds. The van der Waals surface area contributed by atoms with Gasteiger partial charge >= 0.3 is 11.9 Å². The molecule has 0 saturated carbocycles. The fourth-order valence-corrected chi connectivity index (χ4v) is 3.01. The number of rotatable bonds is 9. The number of carbonyl (C=O) groups excluding carboxylic acids is 3. The average Bonchev–Trinajstić information content (AvgIpc) is 2.82. The van der Waals surface area contributed by atoms with Crippen molar-refractivity contribution in [2.24, 2.45) is 5.73 Å². The van der Waals surface area contributed by atoms with Crippen molar-refractivity contribution in [3.8, 4) is 0 Å². The molecule has 0 bridgehead atoms. The quantitative estimate of drug-likeness (QED) is 0.231. The minimum absolute atomic E-state index is 0.00905. The molecular formula is C25H24N2O5. The lowest BCUT2D eigenvalue weighted by Crippen LogP contribution is -2.57. The summed E-state index contributed by atoms with van der Waals surface area (Å²) in [5.41, 5.74) is 11.7. The van der Waals surface area contributed by atoms with E-state index in [1.165, 1.54) is 24.3 Å². The van der Waals surface area contributed by atoms with Gasteiger partial charge in [-0.3, -0.25) is 9.59 Å². The Labute approximate surface area is 185 Å². The maximum Gasteiger partial charge on any atom is 0.335 e. The molecule has 0 radical (unpaired) electrons. The van der Waals surface area contributed by atoms with Crippen molar-refractivity contribution in [3.05, 3.63) is 102 Å². The van der Waals surface area contributed by atoms with Gasteiger partial charge in [0.2, 0.25) is 0 Å². The number of ether oxygens (including phenoxy) is 2. The first-order valence-electron chi connectivity index (χ1n) is 9.98. The van der Waals surface area contributed by atoms with Crippen LogP contribution in [0.15, 0.2) is 84.9 Å². The Kier molecular flexibility index (Phi) is 7.36. The molecule has 3 aromatic rings. The molecule has 3 rings (SSSR count). The Morgan fingerprint density at radius 3 is 1.75 bits per heavy atom. The lowest BCUT2D eigenvalue weighted by atomic mass is 9.87. The Balaban J connectivity index is 1.77. The van der Waals surface area contributed by atoms with Crippen molar-refractivity contribution in [2.45, 2.75) is 25.2 Å². The van der Waals surface area contributed by atoms with Gasteiger partial charge in [-0.2, -0.15) is 0 Å². The van der Waals surface area contributed by atoms with Gasteiger partial charge in [-0.15, -0.1) is 0 Å². The molecule has 4 N–H and O–H groups in total. The molecule has 0 aliphatic carbocycles. The van der Waals surface area contributed by atoms with E-state index in [4.69, 9.17) is 20.9 Å². The van der Waals surface area contributed by atoms with Crippen molar-refractivity contribution >= 4 is 23.4 Å². The highest BCUT2D eigenvalue weighted by Crippen LogP contribution is 2.20. The standard InChI is InChI=1S/C25H24N2O5/c26-21-13-11-20(12-14-21)23(29)25(27,24(30)32-17-19-9-5-2-6-10-19)15-22(28)31-16-18-7-3-1-4-8-18/h1-14H,15-17,26-27H2. The van der Waals surface area contributed by atoms with E-state index in [9.17, 15) is 14.4 Å². The SMILES string of the molecule is Nc1ccc(C(=O)C(N)(CC(=O)OCc2ccccc2)C(=O)OCc2ccccc2)cc1. The zero-order chi connectivity index (χ0) is 23.0. The maximum absolute atomic E-state index is 13.2. The number of nitrogen functional groups attached to an aromatic ring is 1. The number of hydrogen-bond acceptors (Lipinski definition) is 7. The summed E-state index contributed by atoms with van der Waals surface area (Å²) in [4.78, 5) is 38.6. The van der Waals surface area contributed by atoms with Crippen LogP contribution in [0.25, 0.3) is 0 Å². The Morgan fingerprint density at radius 2 is 1.22 bits per heavy atom. The Hall–Kier alpha value is -3.97. The molecule has 1 atom stereocenters.